The number of nitrogens with one attached hydrogen (secondary N) is 1. The molecule has 0 unspecified atom stereocenters. The van der Waals surface area contributed by atoms with Gasteiger partial charge in [0.05, 0.1) is 12.3 Å². The average Bonchev–Trinajstić information content (AvgIpc) is 3.21. The fraction of sp³-hybridized carbons (Fsp3) is 0.167. The molecule has 1 aromatic heterocycles. The van der Waals surface area contributed by atoms with Gasteiger partial charge in [-0.2, -0.15) is 5.10 Å². The molecule has 1 atom stereocenters. The van der Waals surface area contributed by atoms with Crippen molar-refractivity contribution in [3.63, 3.8) is 0 Å². The van der Waals surface area contributed by atoms with E-state index in [1.54, 1.807) is 12.1 Å². The third-order valence-corrected chi connectivity index (χ3v) is 5.06. The highest BCUT2D eigenvalue weighted by molar-refractivity contribution is 14.1. The number of nitrogens with zero attached hydrogens (tertiary/aromatic N) is 4. The molecule has 126 valence electrons. The first-order chi connectivity index (χ1) is 12.1. The topological polar surface area (TPSA) is 66.3 Å². The number of H-pyrrole nitrogens is 1. The van der Waals surface area contributed by atoms with Crippen molar-refractivity contribution >= 4 is 34.3 Å². The maximum absolute atomic E-state index is 11.7. The van der Waals surface area contributed by atoms with E-state index in [0.717, 1.165) is 11.3 Å². The Hall–Kier alpha value is -2.42. The highest BCUT2D eigenvalue weighted by Crippen LogP contribution is 2.30. The fourth-order valence-corrected chi connectivity index (χ4v) is 3.38. The van der Waals surface area contributed by atoms with Crippen LogP contribution in [0.1, 0.15) is 17.0 Å². The SMILES string of the molecule is Cn1c(N2C[C@H](c3ccccc3)C(c3ccc(I)cc3)=N2)n[nH]c1=O. The van der Waals surface area contributed by atoms with Crippen LogP contribution in [0.3, 0.4) is 0 Å². The summed E-state index contributed by atoms with van der Waals surface area (Å²) in [6.07, 6.45) is 0. The van der Waals surface area contributed by atoms with Crippen LogP contribution < -0.4 is 10.7 Å². The van der Waals surface area contributed by atoms with E-state index >= 15 is 0 Å². The van der Waals surface area contributed by atoms with Gasteiger partial charge >= 0.3 is 5.69 Å². The fourth-order valence-electron chi connectivity index (χ4n) is 3.02. The smallest absolute Gasteiger partial charge is 0.263 e. The van der Waals surface area contributed by atoms with Crippen molar-refractivity contribution in [1.29, 1.82) is 0 Å². The third-order valence-electron chi connectivity index (χ3n) is 4.34. The summed E-state index contributed by atoms with van der Waals surface area (Å²) in [7, 11) is 1.69. The Balaban J connectivity index is 1.79. The van der Waals surface area contributed by atoms with Crippen molar-refractivity contribution in [3.8, 4) is 0 Å². The summed E-state index contributed by atoms with van der Waals surface area (Å²) in [6.45, 7) is 0.642. The van der Waals surface area contributed by atoms with E-state index in [1.165, 1.54) is 13.7 Å². The number of aromatic amines is 1. The van der Waals surface area contributed by atoms with Crippen LogP contribution in [0.25, 0.3) is 0 Å². The Bertz CT molecular complexity index is 975. The van der Waals surface area contributed by atoms with Gasteiger partial charge in [0.15, 0.2) is 0 Å². The summed E-state index contributed by atoms with van der Waals surface area (Å²) in [5.41, 5.74) is 3.02. The van der Waals surface area contributed by atoms with Crippen molar-refractivity contribution in [2.24, 2.45) is 12.1 Å². The van der Waals surface area contributed by atoms with Crippen LogP contribution in [-0.2, 0) is 7.05 Å². The van der Waals surface area contributed by atoms with Gasteiger partial charge in [-0.1, -0.05) is 42.5 Å². The summed E-state index contributed by atoms with van der Waals surface area (Å²) in [6, 6.07) is 18.6. The van der Waals surface area contributed by atoms with E-state index in [2.05, 4.69) is 69.2 Å². The second-order valence-electron chi connectivity index (χ2n) is 5.93. The molecule has 7 heteroatoms. The molecule has 3 aromatic rings. The first kappa shape index (κ1) is 16.1. The standard InChI is InChI=1S/C18H16IN5O/c1-23-17(20-21-18(23)25)24-11-15(12-5-3-2-4-6-12)16(22-24)13-7-9-14(19)10-8-13/h2-10,15H,11H2,1H3,(H,21,25)/t15-/m1/s1. The summed E-state index contributed by atoms with van der Waals surface area (Å²) in [4.78, 5) is 11.7. The molecule has 1 aliphatic rings. The Labute approximate surface area is 158 Å². The highest BCUT2D eigenvalue weighted by Gasteiger charge is 2.31. The maximum atomic E-state index is 11.7. The summed E-state index contributed by atoms with van der Waals surface area (Å²) in [5, 5.41) is 13.2. The molecular weight excluding hydrogens is 429 g/mol. The van der Waals surface area contributed by atoms with Gasteiger partial charge in [-0.25, -0.2) is 14.9 Å². The van der Waals surface area contributed by atoms with Crippen LogP contribution in [0.4, 0.5) is 5.95 Å². The minimum atomic E-state index is -0.246. The molecule has 4 rings (SSSR count). The largest absolute Gasteiger partial charge is 0.344 e. The lowest BCUT2D eigenvalue weighted by Crippen LogP contribution is -2.23. The average molecular weight is 445 g/mol. The molecule has 2 heterocycles. The molecule has 0 saturated heterocycles. The van der Waals surface area contributed by atoms with E-state index in [4.69, 9.17) is 5.10 Å². The van der Waals surface area contributed by atoms with Crippen LogP contribution in [0.5, 0.6) is 0 Å². The summed E-state index contributed by atoms with van der Waals surface area (Å²) < 4.78 is 2.66. The molecule has 0 amide bonds. The van der Waals surface area contributed by atoms with Crippen LogP contribution in [-0.4, -0.2) is 27.0 Å². The lowest BCUT2D eigenvalue weighted by molar-refractivity contribution is 0.766. The Morgan fingerprint density at radius 3 is 2.48 bits per heavy atom. The normalized spacial score (nSPS) is 17.0. The minimum absolute atomic E-state index is 0.119. The Morgan fingerprint density at radius 1 is 1.12 bits per heavy atom. The zero-order valence-corrected chi connectivity index (χ0v) is 15.7. The number of halogens is 1. The van der Waals surface area contributed by atoms with E-state index in [1.807, 2.05) is 18.2 Å². The van der Waals surface area contributed by atoms with E-state index < -0.39 is 0 Å². The minimum Gasteiger partial charge on any atom is -0.263 e. The van der Waals surface area contributed by atoms with E-state index in [0.29, 0.717) is 12.5 Å². The highest BCUT2D eigenvalue weighted by atomic mass is 127. The Morgan fingerprint density at radius 2 is 1.84 bits per heavy atom. The van der Waals surface area contributed by atoms with Crippen molar-refractivity contribution in [2.75, 3.05) is 11.6 Å². The molecule has 6 nitrogen and oxygen atoms in total. The number of rotatable bonds is 3. The third kappa shape index (κ3) is 2.99. The van der Waals surface area contributed by atoms with Gasteiger partial charge in [-0.05, 0) is 45.9 Å². The second kappa shape index (κ2) is 6.47. The molecule has 0 spiro atoms. The summed E-state index contributed by atoms with van der Waals surface area (Å²) >= 11 is 2.29. The van der Waals surface area contributed by atoms with Crippen molar-refractivity contribution in [3.05, 3.63) is 79.8 Å². The molecule has 0 bridgehead atoms. The number of hydrazone groups is 1. The zero-order valence-electron chi connectivity index (χ0n) is 13.6. The first-order valence-electron chi connectivity index (χ1n) is 7.92. The van der Waals surface area contributed by atoms with Gasteiger partial charge in [0.2, 0.25) is 5.95 Å². The number of hydrogen-bond donors (Lipinski definition) is 1. The zero-order chi connectivity index (χ0) is 17.4. The molecule has 2 aromatic carbocycles. The molecule has 0 saturated carbocycles. The second-order valence-corrected chi connectivity index (χ2v) is 7.17. The van der Waals surface area contributed by atoms with Crippen LogP contribution in [0.15, 0.2) is 64.5 Å². The van der Waals surface area contributed by atoms with Crippen molar-refractivity contribution in [1.82, 2.24) is 14.8 Å². The van der Waals surface area contributed by atoms with E-state index in [9.17, 15) is 4.79 Å². The Kier molecular flexibility index (Phi) is 4.16. The maximum Gasteiger partial charge on any atom is 0.344 e. The predicted octanol–water partition coefficient (Wildman–Crippen LogP) is 2.72. The molecule has 1 N–H and O–H groups in total. The molecule has 1 aliphatic heterocycles. The number of anilines is 1. The quantitative estimate of drug-likeness (QED) is 0.631. The van der Waals surface area contributed by atoms with Gasteiger partial charge in [0.25, 0.3) is 0 Å². The lowest BCUT2D eigenvalue weighted by atomic mass is 9.91. The number of hydrogen-bond acceptors (Lipinski definition) is 4. The molecule has 0 radical (unpaired) electrons. The van der Waals surface area contributed by atoms with Gasteiger partial charge < -0.3 is 0 Å². The lowest BCUT2D eigenvalue weighted by Gasteiger charge is -2.15. The summed E-state index contributed by atoms with van der Waals surface area (Å²) in [5.74, 6) is 0.638. The van der Waals surface area contributed by atoms with Crippen molar-refractivity contribution < 1.29 is 0 Å². The van der Waals surface area contributed by atoms with Crippen LogP contribution in [0, 0.1) is 3.57 Å². The molecule has 25 heavy (non-hydrogen) atoms. The van der Waals surface area contributed by atoms with Gasteiger partial charge in [-0.3, -0.25) is 4.57 Å². The molecular formula is C18H16IN5O. The van der Waals surface area contributed by atoms with Gasteiger partial charge in [0, 0.05) is 16.5 Å². The monoisotopic (exact) mass is 445 g/mol. The number of benzene rings is 2. The van der Waals surface area contributed by atoms with Crippen LogP contribution >= 0.6 is 22.6 Å². The van der Waals surface area contributed by atoms with Crippen molar-refractivity contribution in [2.45, 2.75) is 5.92 Å². The molecule has 0 fully saturated rings. The van der Waals surface area contributed by atoms with Crippen LogP contribution in [0.2, 0.25) is 0 Å². The number of aromatic nitrogens is 3. The predicted molar refractivity (Wildman–Crippen MR) is 106 cm³/mol. The van der Waals surface area contributed by atoms with Gasteiger partial charge in [0.1, 0.15) is 0 Å². The van der Waals surface area contributed by atoms with E-state index in [-0.39, 0.29) is 11.6 Å². The van der Waals surface area contributed by atoms with Gasteiger partial charge in [-0.15, -0.1) is 5.10 Å². The first-order valence-corrected chi connectivity index (χ1v) is 8.99. The molecule has 0 aliphatic carbocycles.